The monoisotopic (exact) mass is 247 g/mol. The smallest absolute Gasteiger partial charge is 0.187 e. The van der Waals surface area contributed by atoms with E-state index in [2.05, 4.69) is 9.97 Å². The number of anilines is 1. The van der Waals surface area contributed by atoms with Gasteiger partial charge in [-0.05, 0) is 31.0 Å². The lowest BCUT2D eigenvalue weighted by molar-refractivity contribution is 0.415. The summed E-state index contributed by atoms with van der Waals surface area (Å²) in [4.78, 5) is 7.91. The summed E-state index contributed by atoms with van der Waals surface area (Å²) in [6.07, 6.45) is 1.30. The van der Waals surface area contributed by atoms with E-state index in [4.69, 9.17) is 10.5 Å². The van der Waals surface area contributed by atoms with Gasteiger partial charge in [0.15, 0.2) is 11.6 Å². The normalized spacial score (nSPS) is 10.4. The summed E-state index contributed by atoms with van der Waals surface area (Å²) in [5.74, 6) is 0.147. The van der Waals surface area contributed by atoms with Crippen LogP contribution >= 0.6 is 0 Å². The van der Waals surface area contributed by atoms with E-state index in [-0.39, 0.29) is 11.6 Å². The van der Waals surface area contributed by atoms with Crippen molar-refractivity contribution in [2.45, 2.75) is 13.8 Å². The number of rotatable bonds is 2. The molecule has 4 nitrogen and oxygen atoms in total. The number of hydrogen-bond donors (Lipinski definition) is 1. The number of halogens is 1. The third-order valence-corrected chi connectivity index (χ3v) is 2.70. The minimum atomic E-state index is -0.344. The van der Waals surface area contributed by atoms with Gasteiger partial charge >= 0.3 is 0 Å². The van der Waals surface area contributed by atoms with E-state index in [0.717, 1.165) is 11.1 Å². The van der Waals surface area contributed by atoms with Gasteiger partial charge in [-0.25, -0.2) is 14.4 Å². The van der Waals surface area contributed by atoms with E-state index in [1.54, 1.807) is 0 Å². The van der Waals surface area contributed by atoms with Crippen LogP contribution in [0.2, 0.25) is 0 Å². The van der Waals surface area contributed by atoms with Crippen molar-refractivity contribution in [2.75, 3.05) is 12.8 Å². The van der Waals surface area contributed by atoms with Gasteiger partial charge in [-0.3, -0.25) is 0 Å². The maximum atomic E-state index is 14.1. The third kappa shape index (κ3) is 1.99. The number of aryl methyl sites for hydroxylation is 2. The molecule has 0 fully saturated rings. The Labute approximate surface area is 105 Å². The molecule has 0 saturated carbocycles. The summed E-state index contributed by atoms with van der Waals surface area (Å²) < 4.78 is 19.2. The molecule has 0 atom stereocenters. The van der Waals surface area contributed by atoms with Crippen molar-refractivity contribution in [3.63, 3.8) is 0 Å². The van der Waals surface area contributed by atoms with Gasteiger partial charge in [0.2, 0.25) is 0 Å². The predicted molar refractivity (Wildman–Crippen MR) is 67.9 cm³/mol. The largest absolute Gasteiger partial charge is 0.491 e. The van der Waals surface area contributed by atoms with Crippen molar-refractivity contribution in [1.29, 1.82) is 0 Å². The maximum absolute atomic E-state index is 14.1. The van der Waals surface area contributed by atoms with Crippen LogP contribution in [-0.4, -0.2) is 17.1 Å². The molecule has 0 saturated heterocycles. The molecule has 0 aliphatic rings. The quantitative estimate of drug-likeness (QED) is 0.885. The van der Waals surface area contributed by atoms with Crippen molar-refractivity contribution >= 4 is 5.82 Å². The minimum absolute atomic E-state index is 0.196. The number of ether oxygens (including phenoxy) is 1. The Morgan fingerprint density at radius 1 is 1.22 bits per heavy atom. The van der Waals surface area contributed by atoms with Crippen LogP contribution in [-0.2, 0) is 0 Å². The molecule has 1 aromatic carbocycles. The molecule has 0 aliphatic carbocycles. The zero-order chi connectivity index (χ0) is 13.3. The van der Waals surface area contributed by atoms with Crippen LogP contribution in [0.1, 0.15) is 11.1 Å². The first-order valence-corrected chi connectivity index (χ1v) is 5.46. The first-order valence-electron chi connectivity index (χ1n) is 5.46. The van der Waals surface area contributed by atoms with Crippen LogP contribution in [0.15, 0.2) is 18.5 Å². The number of nitrogens with two attached hydrogens (primary N) is 1. The second-order valence-electron chi connectivity index (χ2n) is 4.08. The molecule has 18 heavy (non-hydrogen) atoms. The molecule has 5 heteroatoms. The highest BCUT2D eigenvalue weighted by Gasteiger charge is 2.17. The zero-order valence-corrected chi connectivity index (χ0v) is 10.5. The molecule has 1 aromatic heterocycles. The van der Waals surface area contributed by atoms with Crippen LogP contribution in [0.3, 0.4) is 0 Å². The second-order valence-corrected chi connectivity index (χ2v) is 4.08. The average Bonchev–Trinajstić information content (AvgIpc) is 2.27. The number of benzene rings is 1. The Morgan fingerprint density at radius 3 is 2.56 bits per heavy atom. The Bertz CT molecular complexity index is 576. The fourth-order valence-corrected chi connectivity index (χ4v) is 1.98. The SMILES string of the molecule is COc1c(N)ncnc1-c1c(C)cc(C)cc1F. The van der Waals surface area contributed by atoms with Crippen LogP contribution in [0, 0.1) is 19.7 Å². The summed E-state index contributed by atoms with van der Waals surface area (Å²) >= 11 is 0. The van der Waals surface area contributed by atoms with E-state index < -0.39 is 0 Å². The van der Waals surface area contributed by atoms with Gasteiger partial charge in [-0.2, -0.15) is 0 Å². The molecule has 0 aliphatic heterocycles. The topological polar surface area (TPSA) is 61.0 Å². The van der Waals surface area contributed by atoms with Gasteiger partial charge in [-0.15, -0.1) is 0 Å². The number of methoxy groups -OCH3 is 1. The fourth-order valence-electron chi connectivity index (χ4n) is 1.98. The van der Waals surface area contributed by atoms with E-state index in [1.165, 1.54) is 19.5 Å². The summed E-state index contributed by atoms with van der Waals surface area (Å²) in [6, 6.07) is 3.34. The van der Waals surface area contributed by atoms with Gasteiger partial charge in [0.05, 0.1) is 7.11 Å². The lowest BCUT2D eigenvalue weighted by atomic mass is 10.0. The molecule has 0 spiro atoms. The molecule has 0 radical (unpaired) electrons. The van der Waals surface area contributed by atoms with Crippen LogP contribution < -0.4 is 10.5 Å². The molecule has 2 aromatic rings. The van der Waals surface area contributed by atoms with Crippen molar-refractivity contribution in [3.05, 3.63) is 35.4 Å². The second kappa shape index (κ2) is 4.60. The number of aromatic nitrogens is 2. The van der Waals surface area contributed by atoms with Crippen molar-refractivity contribution in [1.82, 2.24) is 9.97 Å². The Morgan fingerprint density at radius 2 is 1.94 bits per heavy atom. The standard InChI is InChI=1S/C13H14FN3O/c1-7-4-8(2)10(9(14)5-7)11-12(18-3)13(15)17-6-16-11/h4-6H,1-3H3,(H2,15,16,17). The molecule has 0 unspecified atom stereocenters. The van der Waals surface area contributed by atoms with Gasteiger partial charge in [0.25, 0.3) is 0 Å². The summed E-state index contributed by atoms with van der Waals surface area (Å²) in [5, 5.41) is 0. The minimum Gasteiger partial charge on any atom is -0.491 e. The van der Waals surface area contributed by atoms with Crippen LogP contribution in [0.25, 0.3) is 11.3 Å². The van der Waals surface area contributed by atoms with Gasteiger partial charge < -0.3 is 10.5 Å². The summed E-state index contributed by atoms with van der Waals surface area (Å²) in [7, 11) is 1.46. The van der Waals surface area contributed by atoms with Crippen molar-refractivity contribution in [2.24, 2.45) is 0 Å². The molecule has 0 bridgehead atoms. The van der Waals surface area contributed by atoms with E-state index >= 15 is 0 Å². The van der Waals surface area contributed by atoms with Gasteiger partial charge in [0, 0.05) is 5.56 Å². The lowest BCUT2D eigenvalue weighted by Crippen LogP contribution is -2.02. The van der Waals surface area contributed by atoms with E-state index in [0.29, 0.717) is 17.0 Å². The highest BCUT2D eigenvalue weighted by Crippen LogP contribution is 2.35. The average molecular weight is 247 g/mol. The van der Waals surface area contributed by atoms with Gasteiger partial charge in [-0.1, -0.05) is 6.07 Å². The van der Waals surface area contributed by atoms with E-state index in [9.17, 15) is 4.39 Å². The number of nitrogens with zero attached hydrogens (tertiary/aromatic N) is 2. The third-order valence-electron chi connectivity index (χ3n) is 2.70. The molecule has 0 amide bonds. The Kier molecular flexibility index (Phi) is 3.14. The highest BCUT2D eigenvalue weighted by atomic mass is 19.1. The summed E-state index contributed by atoms with van der Waals surface area (Å²) in [5.41, 5.74) is 8.11. The Balaban J connectivity index is 2.73. The van der Waals surface area contributed by atoms with Gasteiger partial charge in [0.1, 0.15) is 17.8 Å². The van der Waals surface area contributed by atoms with Crippen LogP contribution in [0.4, 0.5) is 10.2 Å². The molecule has 94 valence electrons. The first kappa shape index (κ1) is 12.3. The molecule has 1 heterocycles. The maximum Gasteiger partial charge on any atom is 0.187 e. The Hall–Kier alpha value is -2.17. The fraction of sp³-hybridized carbons (Fsp3) is 0.231. The molecular weight excluding hydrogens is 233 g/mol. The number of nitrogen functional groups attached to an aromatic ring is 1. The molecule has 2 rings (SSSR count). The van der Waals surface area contributed by atoms with Crippen LogP contribution in [0.5, 0.6) is 5.75 Å². The van der Waals surface area contributed by atoms with E-state index in [1.807, 2.05) is 19.9 Å². The molecular formula is C13H14FN3O. The van der Waals surface area contributed by atoms with Crippen molar-refractivity contribution in [3.8, 4) is 17.0 Å². The zero-order valence-electron chi connectivity index (χ0n) is 10.5. The molecule has 2 N–H and O–H groups in total. The lowest BCUT2D eigenvalue weighted by Gasteiger charge is -2.12. The predicted octanol–water partition coefficient (Wildman–Crippen LogP) is 2.49. The highest BCUT2D eigenvalue weighted by molar-refractivity contribution is 5.74. The first-order chi connectivity index (χ1) is 8.54. The number of hydrogen-bond acceptors (Lipinski definition) is 4. The van der Waals surface area contributed by atoms with Crippen molar-refractivity contribution < 1.29 is 9.13 Å². The summed E-state index contributed by atoms with van der Waals surface area (Å²) in [6.45, 7) is 3.66.